The van der Waals surface area contributed by atoms with Gasteiger partial charge in [0.25, 0.3) is 5.56 Å². The third-order valence-corrected chi connectivity index (χ3v) is 5.07. The smallest absolute Gasteiger partial charge is 0.333 e. The fourth-order valence-corrected chi connectivity index (χ4v) is 3.47. The molecule has 2 unspecified atom stereocenters. The van der Waals surface area contributed by atoms with Crippen LogP contribution in [-0.4, -0.2) is 41.4 Å². The van der Waals surface area contributed by atoms with Crippen LogP contribution >= 0.6 is 8.38 Å². The Morgan fingerprint density at radius 3 is 2.37 bits per heavy atom. The molecule has 0 saturated carbocycles. The molecule has 154 valence electrons. The van der Waals surface area contributed by atoms with Gasteiger partial charge in [0, 0.05) is 18.8 Å². The summed E-state index contributed by atoms with van der Waals surface area (Å²) in [5, 5.41) is 0. The molecule has 1 aromatic heterocycles. The van der Waals surface area contributed by atoms with Gasteiger partial charge in [0.05, 0.1) is 19.8 Å². The molecule has 2 rings (SSSR count). The molecular formula is C18H31N2O6P. The highest BCUT2D eigenvalue weighted by atomic mass is 31.2. The lowest BCUT2D eigenvalue weighted by molar-refractivity contribution is -0.0252. The van der Waals surface area contributed by atoms with Crippen molar-refractivity contribution in [3.05, 3.63) is 44.8 Å². The molecule has 2 heterocycles. The average Bonchev–Trinajstić information content (AvgIpc) is 3.13. The second-order valence-corrected chi connectivity index (χ2v) is 6.92. The van der Waals surface area contributed by atoms with Crippen LogP contribution in [0.2, 0.25) is 0 Å². The van der Waals surface area contributed by atoms with Gasteiger partial charge in [0.2, 0.25) is 0 Å². The van der Waals surface area contributed by atoms with Gasteiger partial charge in [0.1, 0.15) is 12.5 Å². The Kier molecular flexibility index (Phi) is 10.7. The van der Waals surface area contributed by atoms with Gasteiger partial charge in [-0.25, -0.2) is 4.79 Å². The normalized spacial score (nSPS) is 18.6. The standard InChI is InChI=1S/C16H25N2O6P.C2H6/c1-5-22-25(23-6-2)11-21-10-13-7-8-14(24-13)18-9-12(3)15(19)17(4)16(18)20;1-2/h7-9,13-14H,5-6,10-11H2,1-4H3;1-2H3. The molecule has 0 aromatic carbocycles. The summed E-state index contributed by atoms with van der Waals surface area (Å²) in [6.07, 6.45) is 4.70. The molecule has 27 heavy (non-hydrogen) atoms. The molecule has 0 fully saturated rings. The quantitative estimate of drug-likeness (QED) is 0.467. The van der Waals surface area contributed by atoms with Gasteiger partial charge in [-0.2, -0.15) is 0 Å². The third kappa shape index (κ3) is 6.66. The first-order valence-corrected chi connectivity index (χ1v) is 10.6. The van der Waals surface area contributed by atoms with Crippen LogP contribution < -0.4 is 11.2 Å². The van der Waals surface area contributed by atoms with Crippen molar-refractivity contribution in [3.8, 4) is 0 Å². The van der Waals surface area contributed by atoms with Crippen LogP contribution in [0.25, 0.3) is 0 Å². The first kappa shape index (κ1) is 23.7. The summed E-state index contributed by atoms with van der Waals surface area (Å²) in [7, 11) is 0.407. The van der Waals surface area contributed by atoms with Crippen molar-refractivity contribution in [2.24, 2.45) is 7.05 Å². The van der Waals surface area contributed by atoms with Crippen molar-refractivity contribution in [1.82, 2.24) is 9.13 Å². The van der Waals surface area contributed by atoms with E-state index in [4.69, 9.17) is 18.5 Å². The number of hydrogen-bond acceptors (Lipinski definition) is 6. The zero-order valence-corrected chi connectivity index (χ0v) is 17.9. The molecule has 0 spiro atoms. The van der Waals surface area contributed by atoms with Crippen molar-refractivity contribution in [3.63, 3.8) is 0 Å². The summed E-state index contributed by atoms with van der Waals surface area (Å²) in [6.45, 7) is 11.0. The largest absolute Gasteiger partial charge is 0.369 e. The van der Waals surface area contributed by atoms with Gasteiger partial charge >= 0.3 is 5.69 Å². The Morgan fingerprint density at radius 2 is 1.78 bits per heavy atom. The van der Waals surface area contributed by atoms with Crippen molar-refractivity contribution in [1.29, 1.82) is 0 Å². The lowest BCUT2D eigenvalue weighted by Gasteiger charge is -2.19. The van der Waals surface area contributed by atoms with Crippen molar-refractivity contribution in [2.45, 2.75) is 47.0 Å². The minimum atomic E-state index is -1.05. The zero-order chi connectivity index (χ0) is 20.4. The van der Waals surface area contributed by atoms with E-state index < -0.39 is 20.3 Å². The van der Waals surface area contributed by atoms with E-state index in [1.807, 2.05) is 33.8 Å². The summed E-state index contributed by atoms with van der Waals surface area (Å²) in [6, 6.07) is 0. The summed E-state index contributed by atoms with van der Waals surface area (Å²) in [5.41, 5.74) is -0.232. The predicted molar refractivity (Wildman–Crippen MR) is 106 cm³/mol. The van der Waals surface area contributed by atoms with Crippen LogP contribution in [0, 0.1) is 6.92 Å². The molecule has 1 aliphatic heterocycles. The Balaban J connectivity index is 0.00000176. The van der Waals surface area contributed by atoms with Crippen LogP contribution in [0.15, 0.2) is 27.9 Å². The Bertz CT molecular complexity index is 709. The van der Waals surface area contributed by atoms with E-state index in [9.17, 15) is 9.59 Å². The Hall–Kier alpha value is -1.31. The number of rotatable bonds is 9. The number of aromatic nitrogens is 2. The average molecular weight is 402 g/mol. The molecule has 1 aliphatic rings. The first-order valence-electron chi connectivity index (χ1n) is 9.21. The van der Waals surface area contributed by atoms with Crippen molar-refractivity contribution < 1.29 is 18.5 Å². The maximum atomic E-state index is 12.2. The van der Waals surface area contributed by atoms with Crippen LogP contribution in [0.5, 0.6) is 0 Å². The molecular weight excluding hydrogens is 371 g/mol. The monoisotopic (exact) mass is 402 g/mol. The molecule has 0 amide bonds. The van der Waals surface area contributed by atoms with Crippen molar-refractivity contribution >= 4 is 8.38 Å². The van der Waals surface area contributed by atoms with E-state index in [0.29, 0.717) is 31.7 Å². The van der Waals surface area contributed by atoms with Gasteiger partial charge in [-0.05, 0) is 26.8 Å². The van der Waals surface area contributed by atoms with Crippen LogP contribution in [0.4, 0.5) is 0 Å². The molecule has 2 atom stereocenters. The summed E-state index contributed by atoms with van der Waals surface area (Å²) in [5.74, 6) is 0. The maximum Gasteiger partial charge on any atom is 0.333 e. The SMILES string of the molecule is CC.CCOP(COCC1C=CC(n2cc(C)c(=O)n(C)c2=O)O1)OCC. The molecule has 0 aliphatic carbocycles. The summed E-state index contributed by atoms with van der Waals surface area (Å²) >= 11 is 0. The number of hydrogen-bond donors (Lipinski definition) is 0. The zero-order valence-electron chi connectivity index (χ0n) is 17.0. The van der Waals surface area contributed by atoms with Crippen molar-refractivity contribution in [2.75, 3.05) is 26.2 Å². The Morgan fingerprint density at radius 1 is 1.15 bits per heavy atom. The van der Waals surface area contributed by atoms with E-state index in [1.54, 1.807) is 13.0 Å². The van der Waals surface area contributed by atoms with Gasteiger partial charge in [-0.1, -0.05) is 19.9 Å². The number of aryl methyl sites for hydroxylation is 1. The van der Waals surface area contributed by atoms with Crippen LogP contribution in [-0.2, 0) is 25.6 Å². The van der Waals surface area contributed by atoms with Crippen LogP contribution in [0.3, 0.4) is 0 Å². The number of ether oxygens (including phenoxy) is 2. The van der Waals surface area contributed by atoms with Gasteiger partial charge in [-0.15, -0.1) is 0 Å². The van der Waals surface area contributed by atoms with E-state index in [1.165, 1.54) is 17.8 Å². The number of nitrogens with zero attached hydrogens (tertiary/aromatic N) is 2. The molecule has 0 radical (unpaired) electrons. The lowest BCUT2D eigenvalue weighted by atomic mass is 10.3. The molecule has 1 aromatic rings. The predicted octanol–water partition coefficient (Wildman–Crippen LogP) is 2.69. The van der Waals surface area contributed by atoms with E-state index in [0.717, 1.165) is 4.57 Å². The van der Waals surface area contributed by atoms with E-state index >= 15 is 0 Å². The van der Waals surface area contributed by atoms with E-state index in [-0.39, 0.29) is 11.7 Å². The summed E-state index contributed by atoms with van der Waals surface area (Å²) in [4.78, 5) is 24.0. The van der Waals surface area contributed by atoms with E-state index in [2.05, 4.69) is 0 Å². The topological polar surface area (TPSA) is 80.9 Å². The fourth-order valence-electron chi connectivity index (χ4n) is 2.41. The molecule has 9 heteroatoms. The molecule has 0 N–H and O–H groups in total. The van der Waals surface area contributed by atoms with Gasteiger partial charge in [0.15, 0.2) is 14.6 Å². The molecule has 8 nitrogen and oxygen atoms in total. The highest BCUT2D eigenvalue weighted by Crippen LogP contribution is 2.37. The second-order valence-electron chi connectivity index (χ2n) is 5.48. The highest BCUT2D eigenvalue weighted by molar-refractivity contribution is 7.47. The summed E-state index contributed by atoms with van der Waals surface area (Å²) < 4.78 is 24.9. The minimum absolute atomic E-state index is 0.269. The minimum Gasteiger partial charge on any atom is -0.369 e. The second kappa shape index (κ2) is 12.2. The Labute approximate surface area is 161 Å². The van der Waals surface area contributed by atoms with Gasteiger partial charge in [-0.3, -0.25) is 13.9 Å². The third-order valence-electron chi connectivity index (χ3n) is 3.59. The molecule has 0 bridgehead atoms. The highest BCUT2D eigenvalue weighted by Gasteiger charge is 2.23. The van der Waals surface area contributed by atoms with Gasteiger partial charge < -0.3 is 18.5 Å². The molecule has 0 saturated heterocycles. The maximum absolute atomic E-state index is 12.2. The fraction of sp³-hybridized carbons (Fsp3) is 0.667. The van der Waals surface area contributed by atoms with Crippen LogP contribution in [0.1, 0.15) is 39.5 Å². The lowest BCUT2D eigenvalue weighted by Crippen LogP contribution is -2.40. The first-order chi connectivity index (χ1) is 13.0.